The van der Waals surface area contributed by atoms with E-state index in [2.05, 4.69) is 4.98 Å². The van der Waals surface area contributed by atoms with Gasteiger partial charge < -0.3 is 4.98 Å². The molecule has 4 aromatic rings. The number of rotatable bonds is 6. The Labute approximate surface area is 196 Å². The van der Waals surface area contributed by atoms with Gasteiger partial charge in [-0.2, -0.15) is 17.9 Å². The zero-order valence-electron chi connectivity index (χ0n) is 18.9. The maximum Gasteiger partial charge on any atom is 0.405 e. The topological polar surface area (TPSA) is 62.0 Å². The molecule has 0 saturated heterocycles. The predicted octanol–water partition coefficient (Wildman–Crippen LogP) is 6.13. The summed E-state index contributed by atoms with van der Waals surface area (Å²) < 4.78 is 72.7. The highest BCUT2D eigenvalue weighted by molar-refractivity contribution is 7.89. The number of hydrogen-bond acceptors (Lipinski definition) is 2. The molecule has 2 atom stereocenters. The van der Waals surface area contributed by atoms with Crippen LogP contribution in [0.15, 0.2) is 77.8 Å². The van der Waals surface area contributed by atoms with Crippen molar-refractivity contribution in [2.24, 2.45) is 0 Å². The minimum atomic E-state index is -4.86. The Morgan fingerprint density at radius 1 is 0.882 bits per heavy atom. The van der Waals surface area contributed by atoms with E-state index in [0.717, 1.165) is 5.56 Å². The minimum Gasteiger partial charge on any atom is -0.361 e. The van der Waals surface area contributed by atoms with Gasteiger partial charge in [-0.05, 0) is 49.1 Å². The molecular formula is C26H25F3N2O2S. The Hall–Kier alpha value is -3.10. The molecule has 34 heavy (non-hydrogen) atoms. The molecule has 2 unspecified atom stereocenters. The quantitative estimate of drug-likeness (QED) is 0.344. The molecule has 1 heterocycles. The van der Waals surface area contributed by atoms with Crippen molar-refractivity contribution >= 4 is 20.9 Å². The lowest BCUT2D eigenvalue weighted by Crippen LogP contribution is -2.49. The zero-order valence-corrected chi connectivity index (χ0v) is 19.8. The van der Waals surface area contributed by atoms with Crippen molar-refractivity contribution in [2.75, 3.05) is 0 Å². The second kappa shape index (κ2) is 8.92. The molecule has 4 nitrogen and oxygen atoms in total. The fourth-order valence-corrected chi connectivity index (χ4v) is 6.39. The van der Waals surface area contributed by atoms with Gasteiger partial charge in [0.15, 0.2) is 0 Å². The van der Waals surface area contributed by atoms with Crippen LogP contribution < -0.4 is 4.72 Å². The standard InChI is InChI=1S/C26H25F3N2O2S/c1-16-13-17(2)24(18(3)14-16)34(32,33)31-25(26(27,28)29)23(19-9-5-4-6-10-19)21-15-30-22-12-8-7-11-20(21)22/h4-15,23,25,30-31H,1-3H3. The summed E-state index contributed by atoms with van der Waals surface area (Å²) in [5, 5.41) is 0.604. The summed E-state index contributed by atoms with van der Waals surface area (Å²) in [6.07, 6.45) is -3.34. The Bertz CT molecular complexity index is 1400. The van der Waals surface area contributed by atoms with E-state index in [1.165, 1.54) is 6.20 Å². The number of sulfonamides is 1. The first-order valence-electron chi connectivity index (χ1n) is 10.8. The van der Waals surface area contributed by atoms with Gasteiger partial charge in [-0.15, -0.1) is 0 Å². The monoisotopic (exact) mass is 486 g/mol. The highest BCUT2D eigenvalue weighted by Gasteiger charge is 2.49. The average molecular weight is 487 g/mol. The third-order valence-electron chi connectivity index (χ3n) is 5.96. The van der Waals surface area contributed by atoms with Crippen molar-refractivity contribution in [3.63, 3.8) is 0 Å². The van der Waals surface area contributed by atoms with Crippen LogP contribution in [0.25, 0.3) is 10.9 Å². The largest absolute Gasteiger partial charge is 0.405 e. The third kappa shape index (κ3) is 4.60. The summed E-state index contributed by atoms with van der Waals surface area (Å²) >= 11 is 0. The summed E-state index contributed by atoms with van der Waals surface area (Å²) in [6.45, 7) is 4.99. The van der Waals surface area contributed by atoms with E-state index in [4.69, 9.17) is 0 Å². The molecule has 0 fully saturated rings. The summed E-state index contributed by atoms with van der Waals surface area (Å²) in [6, 6.07) is 16.1. The number of hydrogen-bond donors (Lipinski definition) is 2. The molecule has 0 amide bonds. The van der Waals surface area contributed by atoms with E-state index in [9.17, 15) is 21.6 Å². The first-order chi connectivity index (χ1) is 16.0. The Kier molecular flexibility index (Phi) is 6.31. The maximum atomic E-state index is 14.6. The van der Waals surface area contributed by atoms with E-state index in [-0.39, 0.29) is 4.90 Å². The van der Waals surface area contributed by atoms with Gasteiger partial charge in [0.2, 0.25) is 10.0 Å². The van der Waals surface area contributed by atoms with Crippen molar-refractivity contribution in [3.8, 4) is 0 Å². The summed E-state index contributed by atoms with van der Waals surface area (Å²) in [7, 11) is -4.50. The molecule has 4 rings (SSSR count). The average Bonchev–Trinajstić information content (AvgIpc) is 3.16. The Morgan fingerprint density at radius 2 is 1.47 bits per heavy atom. The third-order valence-corrected chi connectivity index (χ3v) is 7.70. The smallest absolute Gasteiger partial charge is 0.361 e. The van der Waals surface area contributed by atoms with Crippen LogP contribution in [0.3, 0.4) is 0 Å². The number of nitrogens with one attached hydrogen (secondary N) is 2. The number of para-hydroxylation sites is 1. The maximum absolute atomic E-state index is 14.6. The number of fused-ring (bicyclic) bond motifs is 1. The second-order valence-electron chi connectivity index (χ2n) is 8.55. The normalized spacial score (nSPS) is 14.3. The van der Waals surface area contributed by atoms with E-state index >= 15 is 0 Å². The van der Waals surface area contributed by atoms with Crippen molar-refractivity contribution in [1.29, 1.82) is 0 Å². The first-order valence-corrected chi connectivity index (χ1v) is 12.2. The number of aromatic nitrogens is 1. The van der Waals surface area contributed by atoms with Crippen molar-refractivity contribution in [3.05, 3.63) is 101 Å². The van der Waals surface area contributed by atoms with Gasteiger partial charge >= 0.3 is 6.18 Å². The molecule has 0 saturated carbocycles. The second-order valence-corrected chi connectivity index (χ2v) is 10.2. The van der Waals surface area contributed by atoms with Crippen LogP contribution in [0.4, 0.5) is 13.2 Å². The number of aryl methyl sites for hydroxylation is 3. The van der Waals surface area contributed by atoms with E-state index in [1.54, 1.807) is 80.6 Å². The number of benzene rings is 3. The van der Waals surface area contributed by atoms with Crippen LogP contribution >= 0.6 is 0 Å². The fourth-order valence-electron chi connectivity index (χ4n) is 4.70. The van der Waals surface area contributed by atoms with Crippen LogP contribution in [0, 0.1) is 20.8 Å². The molecule has 1 aromatic heterocycles. The van der Waals surface area contributed by atoms with Gasteiger partial charge in [0, 0.05) is 23.0 Å². The van der Waals surface area contributed by atoms with Gasteiger partial charge in [-0.1, -0.05) is 66.2 Å². The van der Waals surface area contributed by atoms with Crippen molar-refractivity contribution < 1.29 is 21.6 Å². The van der Waals surface area contributed by atoms with Gasteiger partial charge in [-0.25, -0.2) is 8.42 Å². The van der Waals surface area contributed by atoms with Crippen molar-refractivity contribution in [1.82, 2.24) is 9.71 Å². The zero-order chi connectivity index (χ0) is 24.7. The summed E-state index contributed by atoms with van der Waals surface area (Å²) in [5.41, 5.74) is 3.03. The molecular weight excluding hydrogens is 461 g/mol. The molecule has 3 aromatic carbocycles. The number of aromatic amines is 1. The van der Waals surface area contributed by atoms with Gasteiger partial charge in [-0.3, -0.25) is 0 Å². The SMILES string of the molecule is Cc1cc(C)c(S(=O)(=O)NC(C(c2ccccc2)c2c[nH]c3ccccc23)C(F)(F)F)c(C)c1. The van der Waals surface area contributed by atoms with Crippen LogP contribution in [-0.4, -0.2) is 25.6 Å². The van der Waals surface area contributed by atoms with Gasteiger partial charge in [0.1, 0.15) is 6.04 Å². The lowest BCUT2D eigenvalue weighted by Gasteiger charge is -2.30. The molecule has 0 bridgehead atoms. The Morgan fingerprint density at radius 3 is 2.09 bits per heavy atom. The lowest BCUT2D eigenvalue weighted by atomic mass is 9.85. The minimum absolute atomic E-state index is 0.127. The molecule has 0 aliphatic carbocycles. The molecule has 0 aliphatic rings. The Balaban J connectivity index is 1.90. The van der Waals surface area contributed by atoms with Gasteiger partial charge in [0.05, 0.1) is 4.90 Å². The molecule has 0 aliphatic heterocycles. The van der Waals surface area contributed by atoms with Gasteiger partial charge in [0.25, 0.3) is 0 Å². The number of alkyl halides is 3. The predicted molar refractivity (Wildman–Crippen MR) is 127 cm³/mol. The highest BCUT2D eigenvalue weighted by atomic mass is 32.2. The van der Waals surface area contributed by atoms with E-state index in [1.807, 2.05) is 11.6 Å². The van der Waals surface area contributed by atoms with E-state index in [0.29, 0.717) is 33.2 Å². The fraction of sp³-hybridized carbons (Fsp3) is 0.231. The van der Waals surface area contributed by atoms with Crippen LogP contribution in [0.1, 0.15) is 33.7 Å². The molecule has 178 valence electrons. The van der Waals surface area contributed by atoms with Crippen LogP contribution in [0.2, 0.25) is 0 Å². The number of halogens is 3. The molecule has 0 spiro atoms. The van der Waals surface area contributed by atoms with Crippen LogP contribution in [-0.2, 0) is 10.0 Å². The first kappa shape index (κ1) is 24.0. The summed E-state index contributed by atoms with van der Waals surface area (Å²) in [4.78, 5) is 2.89. The number of H-pyrrole nitrogens is 1. The van der Waals surface area contributed by atoms with E-state index < -0.39 is 28.2 Å². The lowest BCUT2D eigenvalue weighted by molar-refractivity contribution is -0.154. The molecule has 8 heteroatoms. The van der Waals surface area contributed by atoms with Crippen molar-refractivity contribution in [2.45, 2.75) is 43.8 Å². The molecule has 2 N–H and O–H groups in total. The molecule has 0 radical (unpaired) electrons. The van der Waals surface area contributed by atoms with Crippen LogP contribution in [0.5, 0.6) is 0 Å². The summed E-state index contributed by atoms with van der Waals surface area (Å²) in [5.74, 6) is -1.31. The highest BCUT2D eigenvalue weighted by Crippen LogP contribution is 2.40.